The zero-order valence-electron chi connectivity index (χ0n) is 9.51. The maximum absolute atomic E-state index is 5.17. The summed E-state index contributed by atoms with van der Waals surface area (Å²) in [6, 6.07) is 0. The van der Waals surface area contributed by atoms with Crippen LogP contribution < -0.4 is 10.1 Å². The van der Waals surface area contributed by atoms with Crippen molar-refractivity contribution in [1.29, 1.82) is 0 Å². The molecule has 0 bridgehead atoms. The number of ether oxygens (including phenoxy) is 1. The molecule has 17 heavy (non-hydrogen) atoms. The third-order valence-electron chi connectivity index (χ3n) is 2.11. The van der Waals surface area contributed by atoms with E-state index in [0.29, 0.717) is 11.8 Å². The Morgan fingerprint density at radius 3 is 2.71 bits per heavy atom. The minimum Gasteiger partial charge on any atom is -0.478 e. The van der Waals surface area contributed by atoms with Crippen molar-refractivity contribution in [3.63, 3.8) is 0 Å². The summed E-state index contributed by atoms with van der Waals surface area (Å²) < 4.78 is 7.95. The molecule has 0 unspecified atom stereocenters. The van der Waals surface area contributed by atoms with Crippen molar-refractivity contribution in [3.8, 4) is 5.88 Å². The van der Waals surface area contributed by atoms with Gasteiger partial charge in [0.2, 0.25) is 5.95 Å². The summed E-state index contributed by atoms with van der Waals surface area (Å²) in [7, 11) is 1.59. The molecule has 0 aliphatic carbocycles. The number of hydrogen-bond acceptors (Lipinski definition) is 5. The third-order valence-corrected chi connectivity index (χ3v) is 2.67. The molecule has 0 atom stereocenters. The Morgan fingerprint density at radius 1 is 1.41 bits per heavy atom. The Kier molecular flexibility index (Phi) is 3.77. The highest BCUT2D eigenvalue weighted by Crippen LogP contribution is 2.24. The van der Waals surface area contributed by atoms with Crippen LogP contribution in [0.3, 0.4) is 0 Å². The quantitative estimate of drug-likeness (QED) is 0.860. The maximum Gasteiger partial charge on any atom is 0.256 e. The molecule has 6 nitrogen and oxygen atoms in total. The van der Waals surface area contributed by atoms with Gasteiger partial charge in [0, 0.05) is 22.5 Å². The zero-order valence-corrected chi connectivity index (χ0v) is 11.7. The van der Waals surface area contributed by atoms with Gasteiger partial charge < -0.3 is 10.1 Å². The molecule has 0 fully saturated rings. The molecule has 0 radical (unpaired) electrons. The van der Waals surface area contributed by atoms with Crippen molar-refractivity contribution in [3.05, 3.63) is 22.2 Å². The third kappa shape index (κ3) is 2.84. The highest BCUT2D eigenvalue weighted by Gasteiger charge is 2.09. The van der Waals surface area contributed by atoms with E-state index in [-0.39, 0.29) is 0 Å². The van der Waals surface area contributed by atoms with Crippen LogP contribution in [0.25, 0.3) is 0 Å². The van der Waals surface area contributed by atoms with E-state index in [4.69, 9.17) is 4.74 Å². The van der Waals surface area contributed by atoms with Crippen molar-refractivity contribution < 1.29 is 4.74 Å². The van der Waals surface area contributed by atoms with Crippen LogP contribution in [0.2, 0.25) is 0 Å². The molecule has 0 aliphatic heterocycles. The largest absolute Gasteiger partial charge is 0.478 e. The van der Waals surface area contributed by atoms with Gasteiger partial charge in [-0.15, -0.1) is 5.10 Å². The Bertz CT molecular complexity index is 496. The second-order valence-corrected chi connectivity index (χ2v) is 4.50. The first-order chi connectivity index (χ1) is 8.22. The highest BCUT2D eigenvalue weighted by molar-refractivity contribution is 14.1. The lowest BCUT2D eigenvalue weighted by molar-refractivity contribution is 0.391. The van der Waals surface area contributed by atoms with Gasteiger partial charge in [0.25, 0.3) is 5.88 Å². The lowest BCUT2D eigenvalue weighted by atomic mass is 10.5. The predicted molar refractivity (Wildman–Crippen MR) is 72.5 cm³/mol. The second kappa shape index (κ2) is 5.30. The molecule has 0 saturated carbocycles. The molecule has 0 spiro atoms. The fraction of sp³-hybridized carbons (Fsp3) is 0.300. The van der Waals surface area contributed by atoms with Crippen LogP contribution in [0, 0.1) is 3.57 Å². The van der Waals surface area contributed by atoms with E-state index >= 15 is 0 Å². The molecule has 0 aromatic carbocycles. The zero-order chi connectivity index (χ0) is 12.3. The van der Waals surface area contributed by atoms with Crippen LogP contribution in [0.15, 0.2) is 18.6 Å². The number of rotatable bonds is 4. The van der Waals surface area contributed by atoms with E-state index in [2.05, 4.69) is 43.0 Å². The molecular formula is C10H12IN5O. The van der Waals surface area contributed by atoms with E-state index < -0.39 is 0 Å². The molecule has 2 rings (SSSR count). The smallest absolute Gasteiger partial charge is 0.256 e. The molecule has 1 N–H and O–H groups in total. The summed E-state index contributed by atoms with van der Waals surface area (Å²) in [5, 5.41) is 7.31. The Labute approximate surface area is 113 Å². The monoisotopic (exact) mass is 345 g/mol. The normalized spacial score (nSPS) is 10.3. The van der Waals surface area contributed by atoms with Gasteiger partial charge >= 0.3 is 0 Å². The first-order valence-corrected chi connectivity index (χ1v) is 6.16. The van der Waals surface area contributed by atoms with E-state index in [1.807, 2.05) is 13.1 Å². The SMILES string of the molecule is CCn1cc(Nc2ncc(I)cn2)c(OC)n1. The molecule has 2 aromatic rings. The van der Waals surface area contributed by atoms with Gasteiger partial charge in [0.1, 0.15) is 5.69 Å². The minimum atomic E-state index is 0.527. The molecule has 0 aliphatic rings. The molecule has 0 amide bonds. The highest BCUT2D eigenvalue weighted by atomic mass is 127. The molecule has 7 heteroatoms. The van der Waals surface area contributed by atoms with Crippen LogP contribution in [-0.4, -0.2) is 26.9 Å². The van der Waals surface area contributed by atoms with Crippen molar-refractivity contribution in [2.45, 2.75) is 13.5 Å². The lowest BCUT2D eigenvalue weighted by Gasteiger charge is -2.02. The summed E-state index contributed by atoms with van der Waals surface area (Å²) in [5.41, 5.74) is 0.760. The van der Waals surface area contributed by atoms with Crippen molar-refractivity contribution in [2.24, 2.45) is 0 Å². The topological polar surface area (TPSA) is 64.9 Å². The molecule has 0 saturated heterocycles. The van der Waals surface area contributed by atoms with Crippen molar-refractivity contribution >= 4 is 34.2 Å². The Morgan fingerprint density at radius 2 is 2.12 bits per heavy atom. The number of nitrogens with one attached hydrogen (secondary N) is 1. The van der Waals surface area contributed by atoms with Crippen LogP contribution in [0.1, 0.15) is 6.92 Å². The average Bonchev–Trinajstić information content (AvgIpc) is 2.74. The minimum absolute atomic E-state index is 0.527. The standard InChI is InChI=1S/C10H12IN5O/c1-3-16-6-8(9(15-16)17-2)14-10-12-4-7(11)5-13-10/h4-6H,3H2,1-2H3,(H,12,13,14). The van der Waals surface area contributed by atoms with Crippen molar-refractivity contribution in [1.82, 2.24) is 19.7 Å². The fourth-order valence-corrected chi connectivity index (χ4v) is 1.58. The van der Waals surface area contributed by atoms with Gasteiger partial charge in [-0.05, 0) is 29.5 Å². The number of halogens is 1. The van der Waals surface area contributed by atoms with Gasteiger partial charge in [-0.2, -0.15) is 0 Å². The van der Waals surface area contributed by atoms with Gasteiger partial charge in [-0.3, -0.25) is 4.68 Å². The fourth-order valence-electron chi connectivity index (χ4n) is 1.30. The number of aromatic nitrogens is 4. The molecule has 90 valence electrons. The number of hydrogen-bond donors (Lipinski definition) is 1. The Hall–Kier alpha value is -1.38. The number of methoxy groups -OCH3 is 1. The second-order valence-electron chi connectivity index (χ2n) is 3.26. The van der Waals surface area contributed by atoms with Crippen LogP contribution in [-0.2, 0) is 6.54 Å². The molecule has 2 heterocycles. The van der Waals surface area contributed by atoms with Crippen molar-refractivity contribution in [2.75, 3.05) is 12.4 Å². The van der Waals surface area contributed by atoms with Crippen LogP contribution in [0.5, 0.6) is 5.88 Å². The van der Waals surface area contributed by atoms with E-state index in [1.165, 1.54) is 0 Å². The molecular weight excluding hydrogens is 333 g/mol. The van der Waals surface area contributed by atoms with Gasteiger partial charge in [0.15, 0.2) is 0 Å². The van der Waals surface area contributed by atoms with Crippen LogP contribution in [0.4, 0.5) is 11.6 Å². The number of nitrogens with zero attached hydrogens (tertiary/aromatic N) is 4. The maximum atomic E-state index is 5.17. The summed E-state index contributed by atoms with van der Waals surface area (Å²) in [5.74, 6) is 1.06. The first-order valence-electron chi connectivity index (χ1n) is 5.09. The summed E-state index contributed by atoms with van der Waals surface area (Å²) in [6.07, 6.45) is 5.35. The Balaban J connectivity index is 2.22. The summed E-state index contributed by atoms with van der Waals surface area (Å²) in [6.45, 7) is 2.79. The molecule has 2 aromatic heterocycles. The predicted octanol–water partition coefficient (Wildman–Crippen LogP) is 2.05. The average molecular weight is 345 g/mol. The number of aryl methyl sites for hydroxylation is 1. The first kappa shape index (κ1) is 12.1. The summed E-state index contributed by atoms with van der Waals surface area (Å²) >= 11 is 2.16. The van der Waals surface area contributed by atoms with E-state index in [0.717, 1.165) is 15.8 Å². The lowest BCUT2D eigenvalue weighted by Crippen LogP contribution is -1.97. The van der Waals surface area contributed by atoms with E-state index in [9.17, 15) is 0 Å². The van der Waals surface area contributed by atoms with Gasteiger partial charge in [-0.1, -0.05) is 0 Å². The van der Waals surface area contributed by atoms with E-state index in [1.54, 1.807) is 24.2 Å². The number of anilines is 2. The van der Waals surface area contributed by atoms with Crippen LogP contribution >= 0.6 is 22.6 Å². The van der Waals surface area contributed by atoms with Gasteiger partial charge in [-0.25, -0.2) is 9.97 Å². The van der Waals surface area contributed by atoms with Gasteiger partial charge in [0.05, 0.1) is 13.3 Å². The summed E-state index contributed by atoms with van der Waals surface area (Å²) in [4.78, 5) is 8.32.